The van der Waals surface area contributed by atoms with Crippen LogP contribution in [0.1, 0.15) is 43.7 Å². The molecule has 0 fully saturated rings. The largest absolute Gasteiger partial charge is 0.394 e. The van der Waals surface area contributed by atoms with Gasteiger partial charge in [-0.1, -0.05) is 35.5 Å². The summed E-state index contributed by atoms with van der Waals surface area (Å²) in [5, 5.41) is 24.8. The number of aromatic nitrogens is 7. The predicted octanol–water partition coefficient (Wildman–Crippen LogP) is 4.68. The van der Waals surface area contributed by atoms with E-state index in [0.717, 1.165) is 16.5 Å². The van der Waals surface area contributed by atoms with Gasteiger partial charge < -0.3 is 20.3 Å². The van der Waals surface area contributed by atoms with E-state index in [4.69, 9.17) is 4.52 Å². The molecule has 0 aliphatic rings. The molecular weight excluding hydrogens is 484 g/mol. The molecule has 3 N–H and O–H groups in total. The summed E-state index contributed by atoms with van der Waals surface area (Å²) in [6.45, 7) is 3.79. The topological polar surface area (TPSA) is 140 Å². The van der Waals surface area contributed by atoms with Crippen LogP contribution in [-0.2, 0) is 0 Å². The van der Waals surface area contributed by atoms with Crippen LogP contribution in [0.25, 0.3) is 22.4 Å². The number of nitrogens with one attached hydrogen (secondary N) is 2. The zero-order valence-electron chi connectivity index (χ0n) is 19.9. The predicted molar refractivity (Wildman–Crippen MR) is 131 cm³/mol. The van der Waals surface area contributed by atoms with Crippen LogP contribution in [0.2, 0.25) is 0 Å². The van der Waals surface area contributed by atoms with Crippen molar-refractivity contribution < 1.29 is 18.4 Å². The second kappa shape index (κ2) is 10.2. The van der Waals surface area contributed by atoms with Gasteiger partial charge in [-0.25, -0.2) is 18.7 Å². The summed E-state index contributed by atoms with van der Waals surface area (Å²) >= 11 is 0. The molecule has 0 saturated heterocycles. The highest BCUT2D eigenvalue weighted by Gasteiger charge is 2.22. The Bertz CT molecular complexity index is 1500. The van der Waals surface area contributed by atoms with Crippen LogP contribution in [0.15, 0.2) is 59.5 Å². The molecule has 0 radical (unpaired) electrons. The minimum Gasteiger partial charge on any atom is -0.394 e. The van der Waals surface area contributed by atoms with E-state index in [2.05, 4.69) is 40.8 Å². The van der Waals surface area contributed by atoms with Crippen molar-refractivity contribution in [1.29, 1.82) is 0 Å². The third-order valence-electron chi connectivity index (χ3n) is 5.56. The number of hydrogen-bond donors (Lipinski definition) is 3. The first-order valence-corrected chi connectivity index (χ1v) is 11.4. The first-order chi connectivity index (χ1) is 17.9. The second-order valence-electron chi connectivity index (χ2n) is 8.44. The maximum atomic E-state index is 13.1. The van der Waals surface area contributed by atoms with Crippen molar-refractivity contribution in [1.82, 2.24) is 34.9 Å². The molecule has 0 saturated carbocycles. The standard InChI is InChI=1S/C24H23F2N9O2/c1-13(2)35-18-8-19(27-9-15(18)10-29-35)31-24-28-11-16(23-32-22(20(25)26)34-37-23)21(33-24)30-17(12-36)14-6-4-3-5-7-14/h3-11,13,17,20,36H,12H2,1-2H3,(H2,27,28,30,31,33)/t17-/m1/s1. The number of rotatable bonds is 9. The molecular formula is C24H23F2N9O2. The molecule has 5 rings (SSSR count). The summed E-state index contributed by atoms with van der Waals surface area (Å²) < 4.78 is 33.1. The fraction of sp³-hybridized carbons (Fsp3) is 0.250. The van der Waals surface area contributed by atoms with Crippen LogP contribution < -0.4 is 10.6 Å². The lowest BCUT2D eigenvalue weighted by atomic mass is 10.1. The van der Waals surface area contributed by atoms with Crippen molar-refractivity contribution in [2.45, 2.75) is 32.4 Å². The van der Waals surface area contributed by atoms with E-state index in [-0.39, 0.29) is 35.9 Å². The Balaban J connectivity index is 1.51. The molecule has 13 heteroatoms. The number of nitrogens with zero attached hydrogens (tertiary/aromatic N) is 7. The third kappa shape index (κ3) is 5.07. The summed E-state index contributed by atoms with van der Waals surface area (Å²) in [5.74, 6) is -0.0861. The fourth-order valence-electron chi connectivity index (χ4n) is 3.76. The highest BCUT2D eigenvalue weighted by Crippen LogP contribution is 2.31. The number of halogens is 2. The van der Waals surface area contributed by atoms with E-state index in [0.29, 0.717) is 5.82 Å². The quantitative estimate of drug-likeness (QED) is 0.258. The number of anilines is 3. The number of aliphatic hydroxyl groups is 1. The van der Waals surface area contributed by atoms with Crippen LogP contribution in [0, 0.1) is 0 Å². The molecule has 1 atom stereocenters. The van der Waals surface area contributed by atoms with E-state index in [1.165, 1.54) is 6.20 Å². The maximum Gasteiger partial charge on any atom is 0.300 e. The van der Waals surface area contributed by atoms with Gasteiger partial charge >= 0.3 is 6.43 Å². The number of alkyl halides is 2. The van der Waals surface area contributed by atoms with Gasteiger partial charge in [-0.15, -0.1) is 0 Å². The van der Waals surface area contributed by atoms with Crippen LogP contribution in [0.4, 0.5) is 26.4 Å². The molecule has 11 nitrogen and oxygen atoms in total. The Morgan fingerprint density at radius 1 is 1.05 bits per heavy atom. The Morgan fingerprint density at radius 3 is 2.57 bits per heavy atom. The number of fused-ring (bicyclic) bond motifs is 1. The Hall–Kier alpha value is -4.52. The summed E-state index contributed by atoms with van der Waals surface area (Å²) in [5.41, 5.74) is 1.87. The monoisotopic (exact) mass is 507 g/mol. The molecule has 190 valence electrons. The summed E-state index contributed by atoms with van der Waals surface area (Å²) in [6, 6.07) is 10.6. The normalized spacial score (nSPS) is 12.4. The van der Waals surface area contributed by atoms with Crippen LogP contribution in [0.3, 0.4) is 0 Å². The van der Waals surface area contributed by atoms with Gasteiger partial charge in [-0.2, -0.15) is 15.1 Å². The Kier molecular flexibility index (Phi) is 6.68. The number of aliphatic hydroxyl groups excluding tert-OH is 1. The van der Waals surface area contributed by atoms with Crippen LogP contribution >= 0.6 is 0 Å². The zero-order chi connectivity index (χ0) is 25.9. The molecule has 37 heavy (non-hydrogen) atoms. The molecule has 0 spiro atoms. The smallest absolute Gasteiger partial charge is 0.300 e. The van der Waals surface area contributed by atoms with Crippen molar-refractivity contribution >= 4 is 28.5 Å². The lowest BCUT2D eigenvalue weighted by Gasteiger charge is -2.19. The number of benzene rings is 1. The highest BCUT2D eigenvalue weighted by atomic mass is 19.3. The van der Waals surface area contributed by atoms with E-state index < -0.39 is 18.3 Å². The minimum atomic E-state index is -2.90. The first-order valence-electron chi connectivity index (χ1n) is 11.4. The maximum absolute atomic E-state index is 13.1. The number of hydrogen-bond acceptors (Lipinski definition) is 10. The minimum absolute atomic E-state index is 0.153. The van der Waals surface area contributed by atoms with Crippen molar-refractivity contribution in [3.63, 3.8) is 0 Å². The van der Waals surface area contributed by atoms with Crippen LogP contribution in [-0.4, -0.2) is 46.6 Å². The second-order valence-corrected chi connectivity index (χ2v) is 8.44. The van der Waals surface area contributed by atoms with Crippen molar-refractivity contribution in [3.8, 4) is 11.5 Å². The van der Waals surface area contributed by atoms with E-state index in [1.807, 2.05) is 54.9 Å². The van der Waals surface area contributed by atoms with E-state index in [9.17, 15) is 13.9 Å². The van der Waals surface area contributed by atoms with Gasteiger partial charge in [0.2, 0.25) is 11.8 Å². The lowest BCUT2D eigenvalue weighted by Crippen LogP contribution is -2.17. The Morgan fingerprint density at radius 2 is 1.86 bits per heavy atom. The van der Waals surface area contributed by atoms with Gasteiger partial charge in [0.25, 0.3) is 5.89 Å². The molecule has 0 aliphatic carbocycles. The molecule has 0 aliphatic heterocycles. The lowest BCUT2D eigenvalue weighted by molar-refractivity contribution is 0.136. The first kappa shape index (κ1) is 24.2. The van der Waals surface area contributed by atoms with Gasteiger partial charge in [0, 0.05) is 29.9 Å². The summed E-state index contributed by atoms with van der Waals surface area (Å²) in [6.07, 6.45) is 1.91. The van der Waals surface area contributed by atoms with Crippen molar-refractivity contribution in [2.24, 2.45) is 0 Å². The average molecular weight is 508 g/mol. The van der Waals surface area contributed by atoms with Gasteiger partial charge in [0.15, 0.2) is 0 Å². The van der Waals surface area contributed by atoms with Crippen molar-refractivity contribution in [3.05, 3.63) is 66.4 Å². The molecule has 0 amide bonds. The SMILES string of the molecule is CC(C)n1ncc2cnc(Nc3ncc(-c4nc(C(F)F)no4)c(N[C@H](CO)c4ccccc4)n3)cc21. The summed E-state index contributed by atoms with van der Waals surface area (Å²) in [7, 11) is 0. The molecule has 1 aromatic carbocycles. The Labute approximate surface area is 209 Å². The van der Waals surface area contributed by atoms with E-state index in [1.54, 1.807) is 12.4 Å². The van der Waals surface area contributed by atoms with Gasteiger partial charge in [0.05, 0.1) is 24.4 Å². The van der Waals surface area contributed by atoms with Crippen LogP contribution in [0.5, 0.6) is 0 Å². The van der Waals surface area contributed by atoms with Gasteiger partial charge in [-0.3, -0.25) is 4.68 Å². The van der Waals surface area contributed by atoms with Gasteiger partial charge in [-0.05, 0) is 19.4 Å². The van der Waals surface area contributed by atoms with Crippen molar-refractivity contribution in [2.75, 3.05) is 17.2 Å². The average Bonchev–Trinajstić information content (AvgIpc) is 3.56. The summed E-state index contributed by atoms with van der Waals surface area (Å²) in [4.78, 5) is 17.0. The molecule has 4 heterocycles. The fourth-order valence-corrected chi connectivity index (χ4v) is 3.76. The molecule has 4 aromatic heterocycles. The zero-order valence-corrected chi connectivity index (χ0v) is 19.9. The van der Waals surface area contributed by atoms with Gasteiger partial charge in [0.1, 0.15) is 17.2 Å². The number of pyridine rings is 1. The molecule has 5 aromatic rings. The van der Waals surface area contributed by atoms with E-state index >= 15 is 0 Å². The molecule has 0 unspecified atom stereocenters. The molecule has 0 bridgehead atoms. The highest BCUT2D eigenvalue weighted by molar-refractivity contribution is 5.81. The third-order valence-corrected chi connectivity index (χ3v) is 5.56.